The Morgan fingerprint density at radius 3 is 2.24 bits per heavy atom. The monoisotopic (exact) mass is 494 g/mol. The molecule has 1 saturated carbocycles. The van der Waals surface area contributed by atoms with Crippen molar-refractivity contribution < 1.29 is 21.9 Å². The third kappa shape index (κ3) is 10.8. The molecule has 3 rings (SSSR count). The summed E-state index contributed by atoms with van der Waals surface area (Å²) in [6.07, 6.45) is 16.3. The maximum absolute atomic E-state index is 6.14. The first-order chi connectivity index (χ1) is 13.3. The second-order valence-electron chi connectivity index (χ2n) is 10.7. The second kappa shape index (κ2) is 17.0. The average molecular weight is 495 g/mol. The lowest BCUT2D eigenvalue weighted by molar-refractivity contribution is 0.0251. The SMILES string of the molecule is C.CC(C)[C@H](CN1CCC(C2C=CC(Cl)=CC2)C(C)(C)C1)NCCC1CCCC1.O.O.O.O. The van der Waals surface area contributed by atoms with Crippen molar-refractivity contribution >= 4 is 11.6 Å². The van der Waals surface area contributed by atoms with Gasteiger partial charge in [-0.05, 0) is 67.5 Å². The van der Waals surface area contributed by atoms with E-state index < -0.39 is 0 Å². The fourth-order valence-corrected chi connectivity index (χ4v) is 6.07. The standard InChI is InChI=1S/C25H43ClN2.CH4.4H2O/c1-19(2)24(27-15-13-20-7-5-6-8-20)17-28-16-14-23(25(3,4)18-28)21-9-11-22(26)12-10-21;;;;;/h9,11-12,19-21,23-24,27H,5-8,10,13-18H2,1-4H3;1H4;4*1H2/t21?,23?,24-;;;;;/m0...../s1. The zero-order valence-electron chi connectivity index (χ0n) is 20.7. The van der Waals surface area contributed by atoms with Gasteiger partial charge in [0.1, 0.15) is 0 Å². The minimum absolute atomic E-state index is 0. The maximum Gasteiger partial charge on any atom is 0.0363 e. The van der Waals surface area contributed by atoms with Crippen LogP contribution in [0.25, 0.3) is 0 Å². The van der Waals surface area contributed by atoms with Crippen LogP contribution in [0.3, 0.4) is 0 Å². The Hall–Kier alpha value is -0.470. The lowest BCUT2D eigenvalue weighted by atomic mass is 9.66. The van der Waals surface area contributed by atoms with E-state index in [0.29, 0.717) is 23.3 Å². The Morgan fingerprint density at radius 2 is 1.73 bits per heavy atom. The number of hydrogen-bond donors (Lipinski definition) is 1. The van der Waals surface area contributed by atoms with Crippen LogP contribution in [0.2, 0.25) is 0 Å². The first kappa shape index (κ1) is 37.1. The molecule has 1 aliphatic heterocycles. The van der Waals surface area contributed by atoms with E-state index in [-0.39, 0.29) is 29.3 Å². The van der Waals surface area contributed by atoms with Gasteiger partial charge in [-0.1, -0.05) is 84.6 Å². The predicted octanol–water partition coefficient (Wildman–Crippen LogP) is 3.57. The van der Waals surface area contributed by atoms with Crippen molar-refractivity contribution in [3.8, 4) is 0 Å². The molecule has 3 aliphatic rings. The lowest BCUT2D eigenvalue weighted by Crippen LogP contribution is -2.53. The van der Waals surface area contributed by atoms with E-state index >= 15 is 0 Å². The molecule has 0 radical (unpaired) electrons. The molecule has 2 fully saturated rings. The van der Waals surface area contributed by atoms with Crippen molar-refractivity contribution in [2.24, 2.45) is 29.1 Å². The van der Waals surface area contributed by atoms with Crippen LogP contribution in [0, 0.1) is 29.1 Å². The van der Waals surface area contributed by atoms with Crippen LogP contribution in [0.1, 0.15) is 80.1 Å². The molecule has 0 amide bonds. The van der Waals surface area contributed by atoms with E-state index in [1.807, 2.05) is 0 Å². The van der Waals surface area contributed by atoms with Crippen molar-refractivity contribution in [1.82, 2.24) is 10.2 Å². The summed E-state index contributed by atoms with van der Waals surface area (Å²) in [6.45, 7) is 14.6. The average Bonchev–Trinajstić information content (AvgIpc) is 3.14. The number of allylic oxidation sites excluding steroid dienone is 4. The van der Waals surface area contributed by atoms with Gasteiger partial charge in [0, 0.05) is 24.2 Å². The van der Waals surface area contributed by atoms with E-state index in [4.69, 9.17) is 11.6 Å². The summed E-state index contributed by atoms with van der Waals surface area (Å²) in [5.74, 6) is 3.10. The molecule has 0 bridgehead atoms. The Labute approximate surface area is 208 Å². The van der Waals surface area contributed by atoms with Crippen molar-refractivity contribution in [1.29, 1.82) is 0 Å². The fourth-order valence-electron chi connectivity index (χ4n) is 5.90. The molecule has 33 heavy (non-hydrogen) atoms. The number of hydrogen-bond acceptors (Lipinski definition) is 2. The third-order valence-electron chi connectivity index (χ3n) is 7.69. The summed E-state index contributed by atoms with van der Waals surface area (Å²) >= 11 is 6.14. The van der Waals surface area contributed by atoms with Gasteiger partial charge in [-0.3, -0.25) is 0 Å². The van der Waals surface area contributed by atoms with Crippen molar-refractivity contribution in [3.63, 3.8) is 0 Å². The van der Waals surface area contributed by atoms with Crippen LogP contribution >= 0.6 is 11.6 Å². The summed E-state index contributed by atoms with van der Waals surface area (Å²) < 4.78 is 0. The molecule has 1 heterocycles. The molecule has 0 aromatic carbocycles. The zero-order chi connectivity index (χ0) is 20.1. The smallest absolute Gasteiger partial charge is 0.0363 e. The maximum atomic E-state index is 6.14. The van der Waals surface area contributed by atoms with Crippen LogP contribution < -0.4 is 5.32 Å². The van der Waals surface area contributed by atoms with Gasteiger partial charge in [0.25, 0.3) is 0 Å². The Bertz CT molecular complexity index is 562. The highest BCUT2D eigenvalue weighted by Crippen LogP contribution is 2.43. The van der Waals surface area contributed by atoms with Crippen LogP contribution in [0.4, 0.5) is 0 Å². The highest BCUT2D eigenvalue weighted by atomic mass is 35.5. The third-order valence-corrected chi connectivity index (χ3v) is 7.97. The zero-order valence-corrected chi connectivity index (χ0v) is 21.5. The molecule has 3 atom stereocenters. The van der Waals surface area contributed by atoms with Crippen molar-refractivity contribution in [2.75, 3.05) is 26.2 Å². The van der Waals surface area contributed by atoms with Crippen LogP contribution in [-0.2, 0) is 0 Å². The number of nitrogens with one attached hydrogen (secondary N) is 1. The molecule has 6 nitrogen and oxygen atoms in total. The highest BCUT2D eigenvalue weighted by Gasteiger charge is 2.40. The van der Waals surface area contributed by atoms with Crippen LogP contribution in [0.15, 0.2) is 23.3 Å². The van der Waals surface area contributed by atoms with E-state index in [9.17, 15) is 0 Å². The summed E-state index contributed by atoms with van der Waals surface area (Å²) in [7, 11) is 0. The topological polar surface area (TPSA) is 141 Å². The molecule has 7 heteroatoms. The molecule has 9 N–H and O–H groups in total. The highest BCUT2D eigenvalue weighted by molar-refractivity contribution is 6.31. The first-order valence-electron chi connectivity index (χ1n) is 11.8. The minimum Gasteiger partial charge on any atom is -0.412 e. The first-order valence-corrected chi connectivity index (χ1v) is 12.2. The molecule has 2 unspecified atom stereocenters. The summed E-state index contributed by atoms with van der Waals surface area (Å²) in [4.78, 5) is 2.74. The number of halogens is 1. The fraction of sp³-hybridized carbons (Fsp3) is 0.846. The summed E-state index contributed by atoms with van der Waals surface area (Å²) in [6, 6.07) is 0.616. The molecular formula is C26H55ClN2O4. The van der Waals surface area contributed by atoms with Gasteiger partial charge < -0.3 is 32.1 Å². The molecule has 1 saturated heterocycles. The van der Waals surface area contributed by atoms with Crippen molar-refractivity contribution in [3.05, 3.63) is 23.3 Å². The molecular weight excluding hydrogens is 440 g/mol. The summed E-state index contributed by atoms with van der Waals surface area (Å²) in [5, 5.41) is 4.84. The predicted molar refractivity (Wildman–Crippen MR) is 144 cm³/mol. The van der Waals surface area contributed by atoms with Gasteiger partial charge in [-0.25, -0.2) is 0 Å². The van der Waals surface area contributed by atoms with Crippen LogP contribution in [-0.4, -0.2) is 59.0 Å². The Kier molecular flexibility index (Phi) is 19.1. The molecule has 0 aromatic rings. The van der Waals surface area contributed by atoms with Gasteiger partial charge in [-0.2, -0.15) is 0 Å². The molecule has 0 spiro atoms. The normalized spacial score (nSPS) is 25.5. The van der Waals surface area contributed by atoms with Crippen molar-refractivity contribution in [2.45, 2.75) is 86.1 Å². The van der Waals surface area contributed by atoms with E-state index in [2.05, 4.69) is 56.1 Å². The van der Waals surface area contributed by atoms with Gasteiger partial charge in [0.2, 0.25) is 0 Å². The van der Waals surface area contributed by atoms with Gasteiger partial charge in [-0.15, -0.1) is 0 Å². The van der Waals surface area contributed by atoms with E-state index in [1.54, 1.807) is 0 Å². The Morgan fingerprint density at radius 1 is 1.09 bits per heavy atom. The largest absolute Gasteiger partial charge is 0.412 e. The van der Waals surface area contributed by atoms with Gasteiger partial charge >= 0.3 is 0 Å². The van der Waals surface area contributed by atoms with E-state index in [1.165, 1.54) is 64.7 Å². The lowest BCUT2D eigenvalue weighted by Gasteiger charge is -2.48. The Balaban J connectivity index is -0.00000180. The molecule has 200 valence electrons. The van der Waals surface area contributed by atoms with Crippen LogP contribution in [0.5, 0.6) is 0 Å². The van der Waals surface area contributed by atoms with E-state index in [0.717, 1.165) is 23.3 Å². The van der Waals surface area contributed by atoms with Gasteiger partial charge in [0.15, 0.2) is 0 Å². The number of piperidine rings is 1. The quantitative estimate of drug-likeness (QED) is 0.550. The minimum atomic E-state index is 0. The van der Waals surface area contributed by atoms with Gasteiger partial charge in [0.05, 0.1) is 0 Å². The molecule has 0 aromatic heterocycles. The number of nitrogens with zero attached hydrogens (tertiary/aromatic N) is 1. The summed E-state index contributed by atoms with van der Waals surface area (Å²) in [5.41, 5.74) is 0.357. The number of likely N-dealkylation sites (tertiary alicyclic amines) is 1. The second-order valence-corrected chi connectivity index (χ2v) is 11.1. The molecule has 2 aliphatic carbocycles. The number of rotatable bonds is 8.